The minimum absolute atomic E-state index is 0.163. The third-order valence-corrected chi connectivity index (χ3v) is 5.11. The van der Waals surface area contributed by atoms with Gasteiger partial charge >= 0.3 is 0 Å². The first kappa shape index (κ1) is 22.5. The van der Waals surface area contributed by atoms with Crippen LogP contribution in [0.4, 0.5) is 0 Å². The van der Waals surface area contributed by atoms with Crippen molar-refractivity contribution in [3.05, 3.63) is 35.9 Å². The highest BCUT2D eigenvalue weighted by Crippen LogP contribution is 2.26. The summed E-state index contributed by atoms with van der Waals surface area (Å²) < 4.78 is 21.7. The van der Waals surface area contributed by atoms with Crippen LogP contribution in [0.3, 0.4) is 0 Å². The van der Waals surface area contributed by atoms with E-state index < -0.39 is 61.9 Å². The molecule has 0 radical (unpaired) electrons. The van der Waals surface area contributed by atoms with Gasteiger partial charge in [0.1, 0.15) is 42.7 Å². The normalized spacial score (nSPS) is 40.7. The molecule has 29 heavy (non-hydrogen) atoms. The first-order valence-electron chi connectivity index (χ1n) is 9.51. The molecule has 6 N–H and O–H groups in total. The maximum Gasteiger partial charge on any atom is 0.187 e. The van der Waals surface area contributed by atoms with Crippen molar-refractivity contribution in [2.45, 2.75) is 61.7 Å². The van der Waals surface area contributed by atoms with Crippen LogP contribution in [0.25, 0.3) is 0 Å². The van der Waals surface area contributed by atoms with Crippen molar-refractivity contribution < 1.29 is 49.6 Å². The van der Waals surface area contributed by atoms with E-state index in [0.29, 0.717) is 6.42 Å². The third-order valence-electron chi connectivity index (χ3n) is 5.11. The zero-order chi connectivity index (χ0) is 21.0. The number of rotatable bonds is 7. The van der Waals surface area contributed by atoms with Gasteiger partial charge in [-0.05, 0) is 12.0 Å². The van der Waals surface area contributed by atoms with E-state index in [1.165, 1.54) is 0 Å². The molecule has 0 spiro atoms. The Morgan fingerprint density at radius 3 is 2.24 bits per heavy atom. The Kier molecular flexibility index (Phi) is 7.93. The SMILES string of the molecule is OC[C@H]1O[C@@H](O[C@@H]2CO[C@@H](OCCc3ccccc3)[C@H](O)[C@H]2O)[C@H](O)[C@@H](O)[C@H]1O. The third kappa shape index (κ3) is 5.30. The molecular weight excluding hydrogens is 388 g/mol. The molecule has 2 fully saturated rings. The topological polar surface area (TPSA) is 158 Å². The number of benzene rings is 1. The molecule has 10 heteroatoms. The largest absolute Gasteiger partial charge is 0.394 e. The fourth-order valence-corrected chi connectivity index (χ4v) is 3.32. The number of hydrogen-bond donors (Lipinski definition) is 6. The van der Waals surface area contributed by atoms with Crippen molar-refractivity contribution in [2.24, 2.45) is 0 Å². The first-order chi connectivity index (χ1) is 13.9. The summed E-state index contributed by atoms with van der Waals surface area (Å²) in [6.45, 7) is -0.492. The Morgan fingerprint density at radius 2 is 1.55 bits per heavy atom. The van der Waals surface area contributed by atoms with Gasteiger partial charge in [0.15, 0.2) is 12.6 Å². The average molecular weight is 416 g/mol. The van der Waals surface area contributed by atoms with Crippen LogP contribution in [-0.4, -0.2) is 106 Å². The molecule has 3 rings (SSSR count). The predicted octanol–water partition coefficient (Wildman–Crippen LogP) is -2.49. The van der Waals surface area contributed by atoms with E-state index in [2.05, 4.69) is 0 Å². The molecule has 0 amide bonds. The van der Waals surface area contributed by atoms with E-state index in [1.54, 1.807) is 0 Å². The van der Waals surface area contributed by atoms with Crippen LogP contribution in [0.2, 0.25) is 0 Å². The van der Waals surface area contributed by atoms with Gasteiger partial charge < -0.3 is 49.6 Å². The van der Waals surface area contributed by atoms with Gasteiger partial charge in [-0.3, -0.25) is 0 Å². The highest BCUT2D eigenvalue weighted by molar-refractivity contribution is 5.14. The smallest absolute Gasteiger partial charge is 0.187 e. The Labute approximate surface area is 167 Å². The van der Waals surface area contributed by atoms with Crippen LogP contribution in [0.1, 0.15) is 5.56 Å². The lowest BCUT2D eigenvalue weighted by Gasteiger charge is -2.43. The summed E-state index contributed by atoms with van der Waals surface area (Å²) in [5.74, 6) is 0. The summed E-state index contributed by atoms with van der Waals surface area (Å²) >= 11 is 0. The van der Waals surface area contributed by atoms with Crippen LogP contribution in [0, 0.1) is 0 Å². The molecule has 0 aliphatic carbocycles. The van der Waals surface area contributed by atoms with Crippen molar-refractivity contribution in [3.8, 4) is 0 Å². The molecule has 0 bridgehead atoms. The van der Waals surface area contributed by atoms with Gasteiger partial charge in [-0.25, -0.2) is 0 Å². The van der Waals surface area contributed by atoms with Crippen molar-refractivity contribution in [3.63, 3.8) is 0 Å². The molecule has 9 atom stereocenters. The van der Waals surface area contributed by atoms with E-state index in [1.807, 2.05) is 30.3 Å². The van der Waals surface area contributed by atoms with Gasteiger partial charge in [-0.15, -0.1) is 0 Å². The second-order valence-electron chi connectivity index (χ2n) is 7.16. The molecule has 164 valence electrons. The number of hydrogen-bond acceptors (Lipinski definition) is 10. The lowest BCUT2D eigenvalue weighted by molar-refractivity contribution is -0.343. The maximum atomic E-state index is 10.3. The van der Waals surface area contributed by atoms with Crippen LogP contribution in [0.15, 0.2) is 30.3 Å². The molecule has 10 nitrogen and oxygen atoms in total. The van der Waals surface area contributed by atoms with E-state index >= 15 is 0 Å². The van der Waals surface area contributed by atoms with Gasteiger partial charge in [0.25, 0.3) is 0 Å². The molecule has 2 saturated heterocycles. The van der Waals surface area contributed by atoms with Crippen LogP contribution in [-0.2, 0) is 25.4 Å². The summed E-state index contributed by atoms with van der Waals surface area (Å²) in [5.41, 5.74) is 1.06. The summed E-state index contributed by atoms with van der Waals surface area (Å²) in [4.78, 5) is 0. The minimum Gasteiger partial charge on any atom is -0.394 e. The molecule has 0 aromatic heterocycles. The van der Waals surface area contributed by atoms with Crippen LogP contribution >= 0.6 is 0 Å². The lowest BCUT2D eigenvalue weighted by Crippen LogP contribution is -2.62. The van der Waals surface area contributed by atoms with E-state index in [4.69, 9.17) is 18.9 Å². The quantitative estimate of drug-likeness (QED) is 0.281. The summed E-state index contributed by atoms with van der Waals surface area (Å²) in [5, 5.41) is 59.5. The highest BCUT2D eigenvalue weighted by atomic mass is 16.7. The molecule has 2 heterocycles. The first-order valence-corrected chi connectivity index (χ1v) is 9.51. The fourth-order valence-electron chi connectivity index (χ4n) is 3.32. The summed E-state index contributed by atoms with van der Waals surface area (Å²) in [7, 11) is 0. The van der Waals surface area contributed by atoms with Crippen molar-refractivity contribution in [1.29, 1.82) is 0 Å². The van der Waals surface area contributed by atoms with E-state index in [-0.39, 0.29) is 13.2 Å². The highest BCUT2D eigenvalue weighted by Gasteiger charge is 2.47. The zero-order valence-electron chi connectivity index (χ0n) is 15.7. The molecule has 2 aliphatic rings. The minimum atomic E-state index is -1.61. The van der Waals surface area contributed by atoms with Crippen molar-refractivity contribution in [1.82, 2.24) is 0 Å². The number of aliphatic hydroxyl groups is 6. The standard InChI is InChI=1S/C19H28O10/c20-8-11-13(21)15(23)17(25)19(28-11)29-12-9-27-18(16(24)14(12)22)26-7-6-10-4-2-1-3-5-10/h1-5,11-25H,6-9H2/t11-,12-,13+,14+,15+,16-,17-,18-,19+/m1/s1. The maximum absolute atomic E-state index is 10.3. The second kappa shape index (κ2) is 10.2. The van der Waals surface area contributed by atoms with Crippen molar-refractivity contribution in [2.75, 3.05) is 19.8 Å². The predicted molar refractivity (Wildman–Crippen MR) is 96.5 cm³/mol. The van der Waals surface area contributed by atoms with Crippen molar-refractivity contribution >= 4 is 0 Å². The molecule has 0 unspecified atom stereocenters. The van der Waals surface area contributed by atoms with Gasteiger partial charge in [0.05, 0.1) is 19.8 Å². The van der Waals surface area contributed by atoms with E-state index in [0.717, 1.165) is 5.56 Å². The Bertz CT molecular complexity index is 614. The lowest BCUT2D eigenvalue weighted by atomic mass is 9.99. The Balaban J connectivity index is 1.50. The van der Waals surface area contributed by atoms with Crippen LogP contribution < -0.4 is 0 Å². The van der Waals surface area contributed by atoms with E-state index in [9.17, 15) is 30.6 Å². The number of ether oxygens (including phenoxy) is 4. The second-order valence-corrected chi connectivity index (χ2v) is 7.16. The molecule has 1 aromatic carbocycles. The Morgan fingerprint density at radius 1 is 0.862 bits per heavy atom. The zero-order valence-corrected chi connectivity index (χ0v) is 15.7. The molecule has 1 aromatic rings. The van der Waals surface area contributed by atoms with Gasteiger partial charge in [-0.1, -0.05) is 30.3 Å². The Hall–Kier alpha value is -1.18. The fraction of sp³-hybridized carbons (Fsp3) is 0.684. The number of aliphatic hydroxyl groups excluding tert-OH is 6. The average Bonchev–Trinajstić information content (AvgIpc) is 2.74. The van der Waals surface area contributed by atoms with Gasteiger partial charge in [-0.2, -0.15) is 0 Å². The summed E-state index contributed by atoms with van der Waals surface area (Å²) in [6.07, 6.45) is -11.7. The monoisotopic (exact) mass is 416 g/mol. The molecule has 2 aliphatic heterocycles. The van der Waals surface area contributed by atoms with Gasteiger partial charge in [0, 0.05) is 0 Å². The summed E-state index contributed by atoms with van der Waals surface area (Å²) in [6, 6.07) is 9.61. The molecular formula is C19H28O10. The van der Waals surface area contributed by atoms with Gasteiger partial charge in [0.2, 0.25) is 0 Å². The molecule has 0 saturated carbocycles. The van der Waals surface area contributed by atoms with Crippen LogP contribution in [0.5, 0.6) is 0 Å².